The van der Waals surface area contributed by atoms with Crippen molar-refractivity contribution in [3.63, 3.8) is 0 Å². The fourth-order valence-corrected chi connectivity index (χ4v) is 3.37. The highest BCUT2D eigenvalue weighted by molar-refractivity contribution is 5.85. The highest BCUT2D eigenvalue weighted by Crippen LogP contribution is 2.08. The first-order valence-electron chi connectivity index (χ1n) is 9.83. The number of benzene rings is 1. The van der Waals surface area contributed by atoms with Crippen LogP contribution in [0, 0.1) is 5.92 Å². The lowest BCUT2D eigenvalue weighted by molar-refractivity contribution is -0.145. The zero-order chi connectivity index (χ0) is 19.6. The van der Waals surface area contributed by atoms with Gasteiger partial charge in [0.2, 0.25) is 5.91 Å². The van der Waals surface area contributed by atoms with Crippen LogP contribution in [0.3, 0.4) is 0 Å². The summed E-state index contributed by atoms with van der Waals surface area (Å²) in [5.41, 5.74) is 1.36. The summed E-state index contributed by atoms with van der Waals surface area (Å²) in [6, 6.07) is 9.96. The van der Waals surface area contributed by atoms with Crippen LogP contribution in [-0.2, 0) is 20.7 Å². The molecule has 1 fully saturated rings. The van der Waals surface area contributed by atoms with Crippen molar-refractivity contribution in [2.45, 2.75) is 32.7 Å². The van der Waals surface area contributed by atoms with Crippen LogP contribution in [0.2, 0.25) is 0 Å². The molecule has 1 aromatic carbocycles. The van der Waals surface area contributed by atoms with Gasteiger partial charge in [-0.05, 0) is 24.3 Å². The Morgan fingerprint density at radius 1 is 1.07 bits per heavy atom. The molecule has 1 amide bonds. The molecular formula is C21H33N3O3. The van der Waals surface area contributed by atoms with Gasteiger partial charge >= 0.3 is 5.97 Å². The number of esters is 1. The van der Waals surface area contributed by atoms with Crippen molar-refractivity contribution in [2.75, 3.05) is 46.4 Å². The zero-order valence-corrected chi connectivity index (χ0v) is 16.8. The third-order valence-corrected chi connectivity index (χ3v) is 4.92. The van der Waals surface area contributed by atoms with Gasteiger partial charge in [-0.3, -0.25) is 9.69 Å². The molecule has 1 unspecified atom stereocenters. The number of nitrogens with one attached hydrogen (secondary N) is 1. The first kappa shape index (κ1) is 21.4. The van der Waals surface area contributed by atoms with E-state index in [0.717, 1.165) is 39.1 Å². The lowest BCUT2D eigenvalue weighted by Crippen LogP contribution is -2.52. The Balaban J connectivity index is 1.70. The van der Waals surface area contributed by atoms with Crippen LogP contribution < -0.4 is 5.32 Å². The Labute approximate surface area is 162 Å². The summed E-state index contributed by atoms with van der Waals surface area (Å²) in [6.07, 6.45) is 1.64. The summed E-state index contributed by atoms with van der Waals surface area (Å²) >= 11 is 0. The van der Waals surface area contributed by atoms with Crippen molar-refractivity contribution in [1.82, 2.24) is 15.1 Å². The minimum atomic E-state index is -0.560. The molecule has 6 nitrogen and oxygen atoms in total. The molecule has 150 valence electrons. The normalized spacial score (nSPS) is 16.9. The van der Waals surface area contributed by atoms with Crippen molar-refractivity contribution in [2.24, 2.45) is 5.92 Å². The molecular weight excluding hydrogens is 342 g/mol. The minimum absolute atomic E-state index is 0.108. The lowest BCUT2D eigenvalue weighted by atomic mass is 10.0. The molecule has 0 saturated carbocycles. The van der Waals surface area contributed by atoms with Crippen molar-refractivity contribution in [1.29, 1.82) is 0 Å². The fraction of sp³-hybridized carbons (Fsp3) is 0.619. The molecule has 1 atom stereocenters. The maximum atomic E-state index is 12.3. The highest BCUT2D eigenvalue weighted by atomic mass is 16.5. The number of rotatable bonds is 9. The predicted octanol–water partition coefficient (Wildman–Crippen LogP) is 1.55. The largest absolute Gasteiger partial charge is 0.467 e. The van der Waals surface area contributed by atoms with Crippen LogP contribution in [0.4, 0.5) is 0 Å². The standard InChI is InChI=1S/C21H33N3O3/c1-17(2)15-19(21(26)27-3)22-20(25)16-24-13-11-23(12-14-24)10-9-18-7-5-4-6-8-18/h4-8,17,19H,9-16H2,1-3H3,(H,22,25). The van der Waals surface area contributed by atoms with E-state index in [1.54, 1.807) is 0 Å². The molecule has 1 heterocycles. The van der Waals surface area contributed by atoms with Crippen molar-refractivity contribution < 1.29 is 14.3 Å². The predicted molar refractivity (Wildman–Crippen MR) is 106 cm³/mol. The number of ether oxygens (including phenoxy) is 1. The van der Waals surface area contributed by atoms with Crippen LogP contribution in [0.15, 0.2) is 30.3 Å². The number of carbonyl (C=O) groups excluding carboxylic acids is 2. The molecule has 27 heavy (non-hydrogen) atoms. The summed E-state index contributed by atoms with van der Waals surface area (Å²) in [5, 5.41) is 2.84. The van der Waals surface area contributed by atoms with Gasteiger partial charge < -0.3 is 15.0 Å². The number of amides is 1. The molecule has 1 aliphatic heterocycles. The Morgan fingerprint density at radius 3 is 2.30 bits per heavy atom. The molecule has 0 aliphatic carbocycles. The summed E-state index contributed by atoms with van der Waals surface area (Å²) < 4.78 is 4.81. The molecule has 1 saturated heterocycles. The van der Waals surface area contributed by atoms with E-state index in [4.69, 9.17) is 4.74 Å². The molecule has 2 rings (SSSR count). The minimum Gasteiger partial charge on any atom is -0.467 e. The van der Waals surface area contributed by atoms with Crippen LogP contribution in [-0.4, -0.2) is 74.1 Å². The second-order valence-electron chi connectivity index (χ2n) is 7.63. The number of piperazine rings is 1. The lowest BCUT2D eigenvalue weighted by Gasteiger charge is -2.34. The summed E-state index contributed by atoms with van der Waals surface area (Å²) in [4.78, 5) is 28.8. The van der Waals surface area contributed by atoms with E-state index in [2.05, 4.69) is 39.4 Å². The first-order chi connectivity index (χ1) is 13.0. The summed E-state index contributed by atoms with van der Waals surface area (Å²) in [5.74, 6) is -0.172. The maximum Gasteiger partial charge on any atom is 0.328 e. The Hall–Kier alpha value is -1.92. The number of carbonyl (C=O) groups is 2. The van der Waals surface area contributed by atoms with Gasteiger partial charge in [0.05, 0.1) is 13.7 Å². The van der Waals surface area contributed by atoms with Gasteiger partial charge in [-0.15, -0.1) is 0 Å². The molecule has 0 radical (unpaired) electrons. The molecule has 0 bridgehead atoms. The highest BCUT2D eigenvalue weighted by Gasteiger charge is 2.24. The Morgan fingerprint density at radius 2 is 1.70 bits per heavy atom. The quantitative estimate of drug-likeness (QED) is 0.664. The molecule has 1 aliphatic rings. The second-order valence-corrected chi connectivity index (χ2v) is 7.63. The molecule has 1 aromatic rings. The van der Waals surface area contributed by atoms with Gasteiger partial charge in [-0.2, -0.15) is 0 Å². The molecule has 0 aromatic heterocycles. The van der Waals surface area contributed by atoms with Crippen molar-refractivity contribution >= 4 is 11.9 Å². The van der Waals surface area contributed by atoms with E-state index >= 15 is 0 Å². The van der Waals surface area contributed by atoms with Gasteiger partial charge in [0.15, 0.2) is 0 Å². The van der Waals surface area contributed by atoms with Crippen molar-refractivity contribution in [3.05, 3.63) is 35.9 Å². The third kappa shape index (κ3) is 7.69. The van der Waals surface area contributed by atoms with Crippen LogP contribution in [0.25, 0.3) is 0 Å². The first-order valence-corrected chi connectivity index (χ1v) is 9.83. The van der Waals surface area contributed by atoms with Crippen LogP contribution >= 0.6 is 0 Å². The van der Waals surface area contributed by atoms with Gasteiger partial charge in [0, 0.05) is 32.7 Å². The van der Waals surface area contributed by atoms with E-state index < -0.39 is 6.04 Å². The van der Waals surface area contributed by atoms with E-state index in [0.29, 0.717) is 18.9 Å². The molecule has 6 heteroatoms. The third-order valence-electron chi connectivity index (χ3n) is 4.92. The average Bonchev–Trinajstić information content (AvgIpc) is 2.66. The maximum absolute atomic E-state index is 12.3. The van der Waals surface area contributed by atoms with Gasteiger partial charge in [-0.25, -0.2) is 4.79 Å². The van der Waals surface area contributed by atoms with Crippen LogP contribution in [0.1, 0.15) is 25.8 Å². The fourth-order valence-electron chi connectivity index (χ4n) is 3.37. The summed E-state index contributed by atoms with van der Waals surface area (Å²) in [6.45, 7) is 9.10. The van der Waals surface area contributed by atoms with E-state index in [1.807, 2.05) is 19.9 Å². The van der Waals surface area contributed by atoms with Crippen LogP contribution in [0.5, 0.6) is 0 Å². The number of hydrogen-bond acceptors (Lipinski definition) is 5. The average molecular weight is 376 g/mol. The van der Waals surface area contributed by atoms with E-state index in [-0.39, 0.29) is 11.9 Å². The van der Waals surface area contributed by atoms with Gasteiger partial charge in [0.1, 0.15) is 6.04 Å². The molecule has 0 spiro atoms. The second kappa shape index (κ2) is 11.0. The number of hydrogen-bond donors (Lipinski definition) is 1. The number of methoxy groups -OCH3 is 1. The van der Waals surface area contributed by atoms with Gasteiger partial charge in [0.25, 0.3) is 0 Å². The zero-order valence-electron chi connectivity index (χ0n) is 16.8. The van der Waals surface area contributed by atoms with E-state index in [1.165, 1.54) is 12.7 Å². The smallest absolute Gasteiger partial charge is 0.328 e. The molecule has 1 N–H and O–H groups in total. The SMILES string of the molecule is COC(=O)C(CC(C)C)NC(=O)CN1CCN(CCc2ccccc2)CC1. The monoisotopic (exact) mass is 375 g/mol. The Bertz CT molecular complexity index is 584. The van der Waals surface area contributed by atoms with Gasteiger partial charge in [-0.1, -0.05) is 44.2 Å². The van der Waals surface area contributed by atoms with E-state index in [9.17, 15) is 9.59 Å². The topological polar surface area (TPSA) is 61.9 Å². The Kier molecular flexibility index (Phi) is 8.75. The summed E-state index contributed by atoms with van der Waals surface area (Å²) in [7, 11) is 1.36. The van der Waals surface area contributed by atoms with Crippen molar-refractivity contribution in [3.8, 4) is 0 Å². The number of nitrogens with zero attached hydrogens (tertiary/aromatic N) is 2.